The molecule has 0 saturated heterocycles. The summed E-state index contributed by atoms with van der Waals surface area (Å²) in [4.78, 5) is 29.0. The highest BCUT2D eigenvalue weighted by atomic mass is 16.2. The quantitative estimate of drug-likeness (QED) is 0.458. The average Bonchev–Trinajstić information content (AvgIpc) is 2.69. The number of nitrogens with zero attached hydrogens (tertiary/aromatic N) is 1. The molecule has 2 amide bonds. The molecule has 1 aromatic rings. The van der Waals surface area contributed by atoms with Crippen molar-refractivity contribution in [2.24, 2.45) is 11.5 Å². The van der Waals surface area contributed by atoms with Crippen LogP contribution in [0.1, 0.15) is 12.1 Å². The first-order valence-corrected chi connectivity index (χ1v) is 4.89. The molecule has 1 rings (SSSR count). The summed E-state index contributed by atoms with van der Waals surface area (Å²) in [7, 11) is 0. The maximum Gasteiger partial charge on any atom is 0.240 e. The van der Waals surface area contributed by atoms with E-state index in [2.05, 4.69) is 15.3 Å². The normalized spacial score (nSPS) is 12.1. The lowest BCUT2D eigenvalue weighted by atomic mass is 10.1. The predicted octanol–water partition coefficient (Wildman–Crippen LogP) is -1.73. The molecule has 1 heterocycles. The first kappa shape index (κ1) is 12.2. The third kappa shape index (κ3) is 3.70. The molecule has 16 heavy (non-hydrogen) atoms. The molecule has 0 bridgehead atoms. The van der Waals surface area contributed by atoms with Crippen molar-refractivity contribution in [3.8, 4) is 0 Å². The van der Waals surface area contributed by atoms with E-state index in [1.807, 2.05) is 0 Å². The molecule has 0 spiro atoms. The Labute approximate surface area is 92.6 Å². The van der Waals surface area contributed by atoms with Crippen LogP contribution in [0.15, 0.2) is 12.5 Å². The van der Waals surface area contributed by atoms with Gasteiger partial charge in [-0.2, -0.15) is 0 Å². The number of carbonyl (C=O) groups excluding carboxylic acids is 2. The van der Waals surface area contributed by atoms with E-state index < -0.39 is 11.9 Å². The summed E-state index contributed by atoms with van der Waals surface area (Å²) in [6, 6.07) is -0.737. The van der Waals surface area contributed by atoms with Gasteiger partial charge in [0.25, 0.3) is 0 Å². The number of nitrogens with one attached hydrogen (secondary N) is 2. The van der Waals surface area contributed by atoms with Crippen molar-refractivity contribution in [2.45, 2.75) is 18.9 Å². The van der Waals surface area contributed by atoms with Crippen molar-refractivity contribution in [2.75, 3.05) is 6.54 Å². The summed E-state index contributed by atoms with van der Waals surface area (Å²) >= 11 is 0. The fourth-order valence-electron chi connectivity index (χ4n) is 1.24. The molecule has 6 N–H and O–H groups in total. The molecule has 0 aromatic carbocycles. The Morgan fingerprint density at radius 3 is 2.81 bits per heavy atom. The Kier molecular flexibility index (Phi) is 4.46. The number of hydrogen-bond donors (Lipinski definition) is 4. The third-order valence-corrected chi connectivity index (χ3v) is 2.03. The summed E-state index contributed by atoms with van der Waals surface area (Å²) in [5, 5.41) is 2.51. The van der Waals surface area contributed by atoms with Crippen LogP contribution >= 0.6 is 0 Å². The summed E-state index contributed by atoms with van der Waals surface area (Å²) < 4.78 is 0. The van der Waals surface area contributed by atoms with Crippen LogP contribution in [0.4, 0.5) is 0 Å². The van der Waals surface area contributed by atoms with Gasteiger partial charge < -0.3 is 21.8 Å². The molecule has 0 fully saturated rings. The molecule has 0 unspecified atom stereocenters. The number of imidazole rings is 1. The van der Waals surface area contributed by atoms with Crippen molar-refractivity contribution in [3.05, 3.63) is 18.2 Å². The standard InChI is InChI=1S/C9H15N5O2/c10-2-1-8(15)14-7(9(11)16)3-6-4-12-5-13-6/h4-5,7H,1-3,10H2,(H2,11,16)(H,12,13)(H,14,15)/t7-/m0/s1. The SMILES string of the molecule is NCCC(=O)N[C@@H](Cc1cnc[nH]1)C(N)=O. The maximum atomic E-state index is 11.3. The van der Waals surface area contributed by atoms with Crippen LogP contribution in [0.2, 0.25) is 0 Å². The Balaban J connectivity index is 2.54. The summed E-state index contributed by atoms with van der Waals surface area (Å²) in [6.07, 6.45) is 3.54. The number of carbonyl (C=O) groups is 2. The van der Waals surface area contributed by atoms with Gasteiger partial charge in [0, 0.05) is 31.3 Å². The second-order valence-electron chi connectivity index (χ2n) is 3.34. The Hall–Kier alpha value is -1.89. The number of rotatable bonds is 6. The van der Waals surface area contributed by atoms with E-state index >= 15 is 0 Å². The molecule has 0 radical (unpaired) electrons. The van der Waals surface area contributed by atoms with Crippen LogP contribution in [-0.2, 0) is 16.0 Å². The molecule has 0 aliphatic heterocycles. The highest BCUT2D eigenvalue weighted by Crippen LogP contribution is 1.98. The molecule has 0 saturated carbocycles. The number of hydrogen-bond acceptors (Lipinski definition) is 4. The molecule has 1 aromatic heterocycles. The van der Waals surface area contributed by atoms with Crippen LogP contribution in [-0.4, -0.2) is 34.4 Å². The predicted molar refractivity (Wildman–Crippen MR) is 57.1 cm³/mol. The average molecular weight is 225 g/mol. The molecule has 7 heteroatoms. The molecular formula is C9H15N5O2. The van der Waals surface area contributed by atoms with E-state index in [1.54, 1.807) is 6.20 Å². The second-order valence-corrected chi connectivity index (χ2v) is 3.34. The Morgan fingerprint density at radius 2 is 2.31 bits per heavy atom. The first-order valence-electron chi connectivity index (χ1n) is 4.89. The minimum Gasteiger partial charge on any atom is -0.368 e. The van der Waals surface area contributed by atoms with Gasteiger partial charge in [0.05, 0.1) is 6.33 Å². The molecular weight excluding hydrogens is 210 g/mol. The topological polar surface area (TPSA) is 127 Å². The van der Waals surface area contributed by atoms with E-state index in [1.165, 1.54) is 6.33 Å². The van der Waals surface area contributed by atoms with Crippen LogP contribution in [0, 0.1) is 0 Å². The summed E-state index contributed by atoms with van der Waals surface area (Å²) in [6.45, 7) is 0.237. The van der Waals surface area contributed by atoms with Gasteiger partial charge in [-0.05, 0) is 0 Å². The van der Waals surface area contributed by atoms with E-state index in [-0.39, 0.29) is 18.9 Å². The van der Waals surface area contributed by atoms with Gasteiger partial charge in [0.2, 0.25) is 11.8 Å². The Bertz CT molecular complexity index is 349. The lowest BCUT2D eigenvalue weighted by Gasteiger charge is -2.14. The van der Waals surface area contributed by atoms with E-state index in [0.29, 0.717) is 6.42 Å². The lowest BCUT2D eigenvalue weighted by molar-refractivity contribution is -0.127. The smallest absolute Gasteiger partial charge is 0.240 e. The molecule has 0 aliphatic carbocycles. The monoisotopic (exact) mass is 225 g/mol. The molecule has 88 valence electrons. The van der Waals surface area contributed by atoms with E-state index in [4.69, 9.17) is 11.5 Å². The van der Waals surface area contributed by atoms with Crippen molar-refractivity contribution >= 4 is 11.8 Å². The van der Waals surface area contributed by atoms with Gasteiger partial charge in [-0.3, -0.25) is 9.59 Å². The molecule has 0 aliphatic rings. The van der Waals surface area contributed by atoms with Gasteiger partial charge in [0.15, 0.2) is 0 Å². The van der Waals surface area contributed by atoms with E-state index in [0.717, 1.165) is 5.69 Å². The third-order valence-electron chi connectivity index (χ3n) is 2.03. The number of primary amides is 1. The summed E-state index contributed by atoms with van der Waals surface area (Å²) in [5.74, 6) is -0.870. The number of amides is 2. The zero-order valence-corrected chi connectivity index (χ0v) is 8.77. The largest absolute Gasteiger partial charge is 0.368 e. The number of aromatic amines is 1. The van der Waals surface area contributed by atoms with Crippen LogP contribution in [0.25, 0.3) is 0 Å². The summed E-state index contributed by atoms with van der Waals surface area (Å²) in [5.41, 5.74) is 11.1. The number of nitrogens with two attached hydrogens (primary N) is 2. The van der Waals surface area contributed by atoms with Crippen molar-refractivity contribution in [3.63, 3.8) is 0 Å². The second kappa shape index (κ2) is 5.86. The van der Waals surface area contributed by atoms with Gasteiger partial charge in [-0.15, -0.1) is 0 Å². The molecule has 7 nitrogen and oxygen atoms in total. The zero-order valence-electron chi connectivity index (χ0n) is 8.77. The van der Waals surface area contributed by atoms with Crippen LogP contribution in [0.3, 0.4) is 0 Å². The first-order chi connectivity index (χ1) is 7.63. The fraction of sp³-hybridized carbons (Fsp3) is 0.444. The Morgan fingerprint density at radius 1 is 1.56 bits per heavy atom. The van der Waals surface area contributed by atoms with Gasteiger partial charge in [0.1, 0.15) is 6.04 Å². The molecule has 1 atom stereocenters. The van der Waals surface area contributed by atoms with E-state index in [9.17, 15) is 9.59 Å². The van der Waals surface area contributed by atoms with Crippen LogP contribution < -0.4 is 16.8 Å². The minimum atomic E-state index is -0.737. The van der Waals surface area contributed by atoms with Crippen LogP contribution in [0.5, 0.6) is 0 Å². The highest BCUT2D eigenvalue weighted by molar-refractivity contribution is 5.86. The maximum absolute atomic E-state index is 11.3. The fourth-order valence-corrected chi connectivity index (χ4v) is 1.24. The zero-order chi connectivity index (χ0) is 12.0. The minimum absolute atomic E-state index is 0.173. The van der Waals surface area contributed by atoms with Gasteiger partial charge in [-0.25, -0.2) is 4.98 Å². The van der Waals surface area contributed by atoms with Gasteiger partial charge in [-0.1, -0.05) is 0 Å². The number of H-pyrrole nitrogens is 1. The van der Waals surface area contributed by atoms with Crippen molar-refractivity contribution in [1.29, 1.82) is 0 Å². The van der Waals surface area contributed by atoms with Gasteiger partial charge >= 0.3 is 0 Å². The lowest BCUT2D eigenvalue weighted by Crippen LogP contribution is -2.46. The van der Waals surface area contributed by atoms with Crippen molar-refractivity contribution < 1.29 is 9.59 Å². The van der Waals surface area contributed by atoms with Crippen molar-refractivity contribution in [1.82, 2.24) is 15.3 Å². The highest BCUT2D eigenvalue weighted by Gasteiger charge is 2.18. The number of aromatic nitrogens is 2.